The van der Waals surface area contributed by atoms with Gasteiger partial charge in [-0.05, 0) is 30.9 Å². The summed E-state index contributed by atoms with van der Waals surface area (Å²) in [5.41, 5.74) is 8.19. The van der Waals surface area contributed by atoms with Gasteiger partial charge in [0, 0.05) is 11.3 Å². The predicted molar refractivity (Wildman–Crippen MR) is 94.0 cm³/mol. The van der Waals surface area contributed by atoms with Gasteiger partial charge in [-0.1, -0.05) is 24.3 Å². The Kier molecular flexibility index (Phi) is 4.80. The lowest BCUT2D eigenvalue weighted by Crippen LogP contribution is -2.35. The maximum atomic E-state index is 12.3. The standard InChI is InChI=1S/C17H20N4O2S/c1-10-4-2-3-5-12(10)13(19-16(18)23)8-15(22)21-17-20-14(9-24-17)11-6-7-11/h2-5,9,11,13H,6-8H2,1H3,(H3,18,19,23)(H,20,21,22)/t13-/m0/s1. The number of benzene rings is 1. The van der Waals surface area contributed by atoms with Crippen molar-refractivity contribution in [3.8, 4) is 0 Å². The molecule has 1 aliphatic carbocycles. The molecule has 24 heavy (non-hydrogen) atoms. The molecule has 7 heteroatoms. The summed E-state index contributed by atoms with van der Waals surface area (Å²) in [6, 6.07) is 6.49. The number of aryl methyl sites for hydroxylation is 1. The first-order valence-corrected chi connectivity index (χ1v) is 8.77. The molecule has 4 N–H and O–H groups in total. The molecule has 0 aliphatic heterocycles. The lowest BCUT2D eigenvalue weighted by molar-refractivity contribution is -0.116. The van der Waals surface area contributed by atoms with Crippen LogP contribution in [0.3, 0.4) is 0 Å². The van der Waals surface area contributed by atoms with E-state index < -0.39 is 12.1 Å². The van der Waals surface area contributed by atoms with Crippen LogP contribution in [0.5, 0.6) is 0 Å². The molecule has 1 aromatic heterocycles. The number of hydrogen-bond donors (Lipinski definition) is 3. The van der Waals surface area contributed by atoms with Crippen molar-refractivity contribution >= 4 is 28.4 Å². The molecule has 0 spiro atoms. The molecule has 1 saturated carbocycles. The lowest BCUT2D eigenvalue weighted by Gasteiger charge is -2.19. The Balaban J connectivity index is 1.68. The fourth-order valence-corrected chi connectivity index (χ4v) is 3.46. The Hall–Kier alpha value is -2.41. The Morgan fingerprint density at radius 1 is 1.38 bits per heavy atom. The van der Waals surface area contributed by atoms with Gasteiger partial charge in [0.25, 0.3) is 0 Å². The zero-order valence-corrected chi connectivity index (χ0v) is 14.2. The molecule has 0 unspecified atom stereocenters. The zero-order valence-electron chi connectivity index (χ0n) is 13.4. The highest BCUT2D eigenvalue weighted by atomic mass is 32.1. The van der Waals surface area contributed by atoms with E-state index in [4.69, 9.17) is 5.73 Å². The summed E-state index contributed by atoms with van der Waals surface area (Å²) in [6.07, 6.45) is 2.45. The monoisotopic (exact) mass is 344 g/mol. The van der Waals surface area contributed by atoms with Gasteiger partial charge in [0.1, 0.15) is 0 Å². The third-order valence-corrected chi connectivity index (χ3v) is 4.81. The van der Waals surface area contributed by atoms with Crippen molar-refractivity contribution in [2.24, 2.45) is 5.73 Å². The minimum absolute atomic E-state index is 0.103. The van der Waals surface area contributed by atoms with Crippen molar-refractivity contribution in [3.63, 3.8) is 0 Å². The van der Waals surface area contributed by atoms with Gasteiger partial charge in [-0.15, -0.1) is 11.3 Å². The van der Waals surface area contributed by atoms with Crippen LogP contribution < -0.4 is 16.4 Å². The summed E-state index contributed by atoms with van der Waals surface area (Å²) in [4.78, 5) is 28.1. The van der Waals surface area contributed by atoms with Gasteiger partial charge in [0.2, 0.25) is 5.91 Å². The molecule has 1 aromatic carbocycles. The molecule has 1 atom stereocenters. The smallest absolute Gasteiger partial charge is 0.312 e. The van der Waals surface area contributed by atoms with Crippen LogP contribution in [0, 0.1) is 6.92 Å². The van der Waals surface area contributed by atoms with Crippen LogP contribution in [0.15, 0.2) is 29.6 Å². The van der Waals surface area contributed by atoms with E-state index >= 15 is 0 Å². The quantitative estimate of drug-likeness (QED) is 0.751. The van der Waals surface area contributed by atoms with Crippen LogP contribution >= 0.6 is 11.3 Å². The van der Waals surface area contributed by atoms with E-state index in [2.05, 4.69) is 15.6 Å². The van der Waals surface area contributed by atoms with E-state index in [-0.39, 0.29) is 12.3 Å². The molecule has 0 bridgehead atoms. The van der Waals surface area contributed by atoms with Gasteiger partial charge in [0.15, 0.2) is 5.13 Å². The van der Waals surface area contributed by atoms with E-state index in [0.29, 0.717) is 11.0 Å². The fraction of sp³-hybridized carbons (Fsp3) is 0.353. The van der Waals surface area contributed by atoms with Crippen LogP contribution in [0.1, 0.15) is 48.0 Å². The van der Waals surface area contributed by atoms with Gasteiger partial charge < -0.3 is 16.4 Å². The van der Waals surface area contributed by atoms with E-state index in [1.807, 2.05) is 36.6 Å². The first kappa shape index (κ1) is 16.4. The number of primary amides is 1. The molecule has 1 heterocycles. The van der Waals surface area contributed by atoms with Crippen LogP contribution in [0.4, 0.5) is 9.93 Å². The molecular formula is C17H20N4O2S. The third-order valence-electron chi connectivity index (χ3n) is 4.03. The van der Waals surface area contributed by atoms with Gasteiger partial charge >= 0.3 is 6.03 Å². The SMILES string of the molecule is Cc1ccccc1[C@H](CC(=O)Nc1nc(C2CC2)cs1)NC(N)=O. The second-order valence-corrected chi connectivity index (χ2v) is 6.88. The number of carbonyl (C=O) groups excluding carboxylic acids is 2. The number of anilines is 1. The molecule has 2 aromatic rings. The summed E-state index contributed by atoms with van der Waals surface area (Å²) in [7, 11) is 0. The number of hydrogen-bond acceptors (Lipinski definition) is 4. The Labute approximate surface area is 144 Å². The highest BCUT2D eigenvalue weighted by Gasteiger charge is 2.26. The van der Waals surface area contributed by atoms with Crippen molar-refractivity contribution in [2.45, 2.75) is 38.1 Å². The van der Waals surface area contributed by atoms with Gasteiger partial charge in [0.05, 0.1) is 18.2 Å². The maximum Gasteiger partial charge on any atom is 0.312 e. The highest BCUT2D eigenvalue weighted by molar-refractivity contribution is 7.13. The van der Waals surface area contributed by atoms with E-state index in [1.54, 1.807) is 0 Å². The first-order valence-electron chi connectivity index (χ1n) is 7.89. The Morgan fingerprint density at radius 2 is 2.12 bits per heavy atom. The van der Waals surface area contributed by atoms with Gasteiger partial charge in [-0.3, -0.25) is 4.79 Å². The number of nitrogens with two attached hydrogens (primary N) is 1. The summed E-state index contributed by atoms with van der Waals surface area (Å²) >= 11 is 1.43. The van der Waals surface area contributed by atoms with Crippen LogP contribution in [-0.2, 0) is 4.79 Å². The minimum atomic E-state index is -0.652. The number of nitrogens with zero attached hydrogens (tertiary/aromatic N) is 1. The van der Waals surface area contributed by atoms with Gasteiger partial charge in [-0.25, -0.2) is 9.78 Å². The Morgan fingerprint density at radius 3 is 2.79 bits per heavy atom. The van der Waals surface area contributed by atoms with Crippen molar-refractivity contribution in [1.29, 1.82) is 0 Å². The minimum Gasteiger partial charge on any atom is -0.352 e. The number of nitrogens with one attached hydrogen (secondary N) is 2. The topological polar surface area (TPSA) is 97.1 Å². The number of amides is 3. The number of thiazole rings is 1. The number of urea groups is 1. The molecule has 1 aliphatic rings. The van der Waals surface area contributed by atoms with E-state index in [0.717, 1.165) is 16.8 Å². The average molecular weight is 344 g/mol. The summed E-state index contributed by atoms with van der Waals surface area (Å²) in [5, 5.41) is 8.06. The maximum absolute atomic E-state index is 12.3. The largest absolute Gasteiger partial charge is 0.352 e. The van der Waals surface area contributed by atoms with Gasteiger partial charge in [-0.2, -0.15) is 0 Å². The van der Waals surface area contributed by atoms with Crippen molar-refractivity contribution in [3.05, 3.63) is 46.5 Å². The highest BCUT2D eigenvalue weighted by Crippen LogP contribution is 2.40. The molecule has 6 nitrogen and oxygen atoms in total. The number of aromatic nitrogens is 1. The number of rotatable bonds is 6. The molecule has 0 saturated heterocycles. The van der Waals surface area contributed by atoms with Crippen molar-refractivity contribution in [1.82, 2.24) is 10.3 Å². The van der Waals surface area contributed by atoms with Crippen LogP contribution in [0.2, 0.25) is 0 Å². The summed E-state index contributed by atoms with van der Waals surface area (Å²) in [6.45, 7) is 1.94. The van der Waals surface area contributed by atoms with Crippen LogP contribution in [-0.4, -0.2) is 16.9 Å². The molecule has 3 amide bonds. The summed E-state index contributed by atoms with van der Waals surface area (Å²) < 4.78 is 0. The zero-order chi connectivity index (χ0) is 17.1. The first-order chi connectivity index (χ1) is 11.5. The summed E-state index contributed by atoms with van der Waals surface area (Å²) in [5.74, 6) is 0.358. The van der Waals surface area contributed by atoms with Crippen LogP contribution in [0.25, 0.3) is 0 Å². The Bertz CT molecular complexity index is 755. The van der Waals surface area contributed by atoms with E-state index in [9.17, 15) is 9.59 Å². The molecule has 3 rings (SSSR count). The van der Waals surface area contributed by atoms with E-state index in [1.165, 1.54) is 24.2 Å². The van der Waals surface area contributed by atoms with Crippen molar-refractivity contribution in [2.75, 3.05) is 5.32 Å². The molecule has 0 radical (unpaired) electrons. The third kappa shape index (κ3) is 4.11. The molecular weight excluding hydrogens is 324 g/mol. The molecule has 126 valence electrons. The lowest BCUT2D eigenvalue weighted by atomic mass is 9.98. The normalized spacial score (nSPS) is 14.9. The second-order valence-electron chi connectivity index (χ2n) is 6.02. The average Bonchev–Trinajstić information content (AvgIpc) is 3.27. The van der Waals surface area contributed by atoms with Crippen molar-refractivity contribution < 1.29 is 9.59 Å². The molecule has 1 fully saturated rings. The number of carbonyl (C=O) groups is 2. The fourth-order valence-electron chi connectivity index (χ4n) is 2.65. The second kappa shape index (κ2) is 7.00. The predicted octanol–water partition coefficient (Wildman–Crippen LogP) is 3.07.